The molecule has 0 unspecified atom stereocenters. The van der Waals surface area contributed by atoms with Crippen LogP contribution >= 0.6 is 24.8 Å². The van der Waals surface area contributed by atoms with Gasteiger partial charge in [0.25, 0.3) is 0 Å². The number of aromatic nitrogens is 1. The molecule has 0 aliphatic carbocycles. The third kappa shape index (κ3) is 6.04. The van der Waals surface area contributed by atoms with Crippen LogP contribution in [0.15, 0.2) is 36.9 Å². The molecule has 1 aromatic heterocycles. The van der Waals surface area contributed by atoms with Gasteiger partial charge < -0.3 is 16.2 Å². The zero-order valence-electron chi connectivity index (χ0n) is 16.5. The molecule has 28 heavy (non-hydrogen) atoms. The van der Waals surface area contributed by atoms with Crippen molar-refractivity contribution in [2.75, 3.05) is 0 Å². The molecule has 1 aromatic carbocycles. The molecule has 1 heterocycles. The number of carbonyl (C=O) groups is 1. The second-order valence-electron chi connectivity index (χ2n) is 6.65. The van der Waals surface area contributed by atoms with E-state index >= 15 is 0 Å². The van der Waals surface area contributed by atoms with Crippen LogP contribution in [0.25, 0.3) is 11.1 Å². The molecule has 0 spiro atoms. The van der Waals surface area contributed by atoms with E-state index < -0.39 is 5.97 Å². The maximum absolute atomic E-state index is 11.9. The standard InChI is InChI=1S/C21H27N3O2.2ClH/c1-5-19(25)26-21-14(4)24-18(10-13(2)3)17(12-23)20(21)16-8-6-15(11-22)7-9-16;;/h5-9,13H,1,10-12,22-23H2,2-4H3;2*1H. The van der Waals surface area contributed by atoms with Gasteiger partial charge in [-0.15, -0.1) is 24.8 Å². The summed E-state index contributed by atoms with van der Waals surface area (Å²) < 4.78 is 5.54. The molecule has 0 amide bonds. The number of hydrogen-bond donors (Lipinski definition) is 2. The highest BCUT2D eigenvalue weighted by Gasteiger charge is 2.21. The monoisotopic (exact) mass is 425 g/mol. The third-order valence-corrected chi connectivity index (χ3v) is 4.16. The molecule has 0 aliphatic rings. The molecular weight excluding hydrogens is 397 g/mol. The maximum Gasteiger partial charge on any atom is 0.335 e. The molecule has 154 valence electrons. The molecule has 2 aromatic rings. The van der Waals surface area contributed by atoms with Crippen molar-refractivity contribution < 1.29 is 9.53 Å². The summed E-state index contributed by atoms with van der Waals surface area (Å²) in [7, 11) is 0. The minimum absolute atomic E-state index is 0. The summed E-state index contributed by atoms with van der Waals surface area (Å²) in [6.07, 6.45) is 1.95. The first kappa shape index (κ1) is 26.1. The van der Waals surface area contributed by atoms with Gasteiger partial charge in [-0.2, -0.15) is 0 Å². The van der Waals surface area contributed by atoms with E-state index in [0.717, 1.165) is 40.4 Å². The Morgan fingerprint density at radius 3 is 2.25 bits per heavy atom. The number of nitrogens with zero attached hydrogens (tertiary/aromatic N) is 1. The topological polar surface area (TPSA) is 91.2 Å². The van der Waals surface area contributed by atoms with Crippen LogP contribution in [0.3, 0.4) is 0 Å². The first-order valence-corrected chi connectivity index (χ1v) is 8.77. The highest BCUT2D eigenvalue weighted by atomic mass is 35.5. The van der Waals surface area contributed by atoms with Gasteiger partial charge in [0.1, 0.15) is 0 Å². The van der Waals surface area contributed by atoms with Crippen LogP contribution in [0.2, 0.25) is 0 Å². The molecule has 0 aliphatic heterocycles. The lowest BCUT2D eigenvalue weighted by molar-refractivity contribution is -0.129. The molecule has 0 radical (unpaired) electrons. The van der Waals surface area contributed by atoms with Gasteiger partial charge in [0.05, 0.1) is 5.69 Å². The summed E-state index contributed by atoms with van der Waals surface area (Å²) in [5.41, 5.74) is 17.0. The Hall–Kier alpha value is -1.92. The summed E-state index contributed by atoms with van der Waals surface area (Å²) in [6, 6.07) is 7.88. The van der Waals surface area contributed by atoms with Crippen molar-refractivity contribution >= 4 is 30.8 Å². The van der Waals surface area contributed by atoms with Crippen molar-refractivity contribution in [2.24, 2.45) is 17.4 Å². The number of rotatable bonds is 7. The van der Waals surface area contributed by atoms with Crippen LogP contribution in [0.5, 0.6) is 5.75 Å². The van der Waals surface area contributed by atoms with Gasteiger partial charge >= 0.3 is 5.97 Å². The lowest BCUT2D eigenvalue weighted by Crippen LogP contribution is -2.14. The van der Waals surface area contributed by atoms with Crippen LogP contribution in [-0.2, 0) is 24.3 Å². The van der Waals surface area contributed by atoms with E-state index in [4.69, 9.17) is 16.2 Å². The van der Waals surface area contributed by atoms with E-state index in [-0.39, 0.29) is 24.8 Å². The van der Waals surface area contributed by atoms with E-state index in [1.54, 1.807) is 0 Å². The Bertz CT molecular complexity index is 806. The number of ether oxygens (including phenoxy) is 1. The fourth-order valence-electron chi connectivity index (χ4n) is 2.94. The molecule has 0 saturated carbocycles. The quantitative estimate of drug-likeness (QED) is 0.514. The number of benzene rings is 1. The number of nitrogens with two attached hydrogens (primary N) is 2. The highest BCUT2D eigenvalue weighted by molar-refractivity contribution is 5.87. The van der Waals surface area contributed by atoms with Crippen LogP contribution in [0, 0.1) is 12.8 Å². The Balaban J connectivity index is 0.00000364. The lowest BCUT2D eigenvalue weighted by atomic mass is 9.93. The van der Waals surface area contributed by atoms with Gasteiger partial charge in [-0.1, -0.05) is 44.7 Å². The van der Waals surface area contributed by atoms with Crippen molar-refractivity contribution in [1.82, 2.24) is 4.98 Å². The lowest BCUT2D eigenvalue weighted by Gasteiger charge is -2.20. The first-order chi connectivity index (χ1) is 12.4. The zero-order chi connectivity index (χ0) is 19.3. The summed E-state index contributed by atoms with van der Waals surface area (Å²) in [4.78, 5) is 16.5. The van der Waals surface area contributed by atoms with Crippen LogP contribution < -0.4 is 16.2 Å². The van der Waals surface area contributed by atoms with Crippen molar-refractivity contribution in [3.63, 3.8) is 0 Å². The molecule has 0 bridgehead atoms. The Kier molecular flexibility index (Phi) is 11.0. The van der Waals surface area contributed by atoms with Gasteiger partial charge in [-0.05, 0) is 36.0 Å². The van der Waals surface area contributed by atoms with E-state index in [1.165, 1.54) is 0 Å². The Morgan fingerprint density at radius 2 is 1.79 bits per heavy atom. The van der Waals surface area contributed by atoms with Crippen molar-refractivity contribution in [3.8, 4) is 16.9 Å². The third-order valence-electron chi connectivity index (χ3n) is 4.16. The first-order valence-electron chi connectivity index (χ1n) is 8.77. The largest absolute Gasteiger partial charge is 0.421 e. The minimum atomic E-state index is -0.519. The predicted molar refractivity (Wildman–Crippen MR) is 119 cm³/mol. The fourth-order valence-corrected chi connectivity index (χ4v) is 2.94. The number of halogens is 2. The maximum atomic E-state index is 11.9. The number of carbonyl (C=O) groups excluding carboxylic acids is 1. The molecule has 4 N–H and O–H groups in total. The van der Waals surface area contributed by atoms with E-state index in [1.807, 2.05) is 31.2 Å². The van der Waals surface area contributed by atoms with Crippen LogP contribution in [0.1, 0.15) is 36.4 Å². The molecule has 0 atom stereocenters. The summed E-state index contributed by atoms with van der Waals surface area (Å²) in [6.45, 7) is 10.4. The number of hydrogen-bond acceptors (Lipinski definition) is 5. The number of esters is 1. The molecule has 7 heteroatoms. The second kappa shape index (κ2) is 11.8. The average Bonchev–Trinajstić information content (AvgIpc) is 2.63. The molecule has 2 rings (SSSR count). The zero-order valence-corrected chi connectivity index (χ0v) is 18.2. The van der Waals surface area contributed by atoms with Gasteiger partial charge in [0.2, 0.25) is 0 Å². The predicted octanol–water partition coefficient (Wildman–Crippen LogP) is 4.11. The van der Waals surface area contributed by atoms with Crippen molar-refractivity contribution in [3.05, 3.63) is 59.4 Å². The van der Waals surface area contributed by atoms with E-state index in [9.17, 15) is 4.79 Å². The van der Waals surface area contributed by atoms with Gasteiger partial charge in [-0.25, -0.2) is 4.79 Å². The summed E-state index contributed by atoms with van der Waals surface area (Å²) >= 11 is 0. The van der Waals surface area contributed by atoms with Gasteiger partial charge in [0.15, 0.2) is 5.75 Å². The molecule has 0 saturated heterocycles. The number of pyridine rings is 1. The highest BCUT2D eigenvalue weighted by Crippen LogP contribution is 2.38. The Morgan fingerprint density at radius 1 is 1.18 bits per heavy atom. The average molecular weight is 426 g/mol. The number of aryl methyl sites for hydroxylation is 1. The van der Waals surface area contributed by atoms with Crippen LogP contribution in [0.4, 0.5) is 0 Å². The van der Waals surface area contributed by atoms with Gasteiger partial charge in [-0.3, -0.25) is 4.98 Å². The minimum Gasteiger partial charge on any atom is -0.421 e. The normalized spacial score (nSPS) is 10.1. The van der Waals surface area contributed by atoms with Crippen LogP contribution in [-0.4, -0.2) is 11.0 Å². The smallest absolute Gasteiger partial charge is 0.335 e. The molecular formula is C21H29Cl2N3O2. The summed E-state index contributed by atoms with van der Waals surface area (Å²) in [5.74, 6) is 0.346. The van der Waals surface area contributed by atoms with E-state index in [0.29, 0.717) is 30.5 Å². The fraction of sp³-hybridized carbons (Fsp3) is 0.333. The SMILES string of the molecule is C=CC(=O)Oc1c(C)nc(CC(C)C)c(CN)c1-c1ccc(CN)cc1.Cl.Cl. The van der Waals surface area contributed by atoms with E-state index in [2.05, 4.69) is 25.4 Å². The molecule has 0 fully saturated rings. The second-order valence-corrected chi connectivity index (χ2v) is 6.65. The molecule has 5 nitrogen and oxygen atoms in total. The van der Waals surface area contributed by atoms with Crippen molar-refractivity contribution in [2.45, 2.75) is 40.3 Å². The Labute approximate surface area is 179 Å². The van der Waals surface area contributed by atoms with Gasteiger partial charge in [0, 0.05) is 30.4 Å². The summed E-state index contributed by atoms with van der Waals surface area (Å²) in [5, 5.41) is 0. The van der Waals surface area contributed by atoms with Crippen molar-refractivity contribution in [1.29, 1.82) is 0 Å².